The van der Waals surface area contributed by atoms with Crippen molar-refractivity contribution in [3.05, 3.63) is 58.9 Å². The van der Waals surface area contributed by atoms with E-state index >= 15 is 0 Å². The minimum Gasteiger partial charge on any atom is -0.354 e. The third-order valence-corrected chi connectivity index (χ3v) is 5.11. The lowest BCUT2D eigenvalue weighted by Crippen LogP contribution is -2.36. The predicted octanol–water partition coefficient (Wildman–Crippen LogP) is 4.96. The molecule has 1 saturated heterocycles. The van der Waals surface area contributed by atoms with E-state index in [2.05, 4.69) is 15.3 Å². The highest BCUT2D eigenvalue weighted by molar-refractivity contribution is 6.30. The van der Waals surface area contributed by atoms with Gasteiger partial charge in [-0.15, -0.1) is 0 Å². The third-order valence-electron chi connectivity index (χ3n) is 4.86. The molecular formula is C21H21ClN4O. The summed E-state index contributed by atoms with van der Waals surface area (Å²) in [5, 5.41) is 4.90. The van der Waals surface area contributed by atoms with E-state index in [-0.39, 0.29) is 5.91 Å². The first-order chi connectivity index (χ1) is 13.1. The Kier molecular flexibility index (Phi) is 4.94. The van der Waals surface area contributed by atoms with Crippen molar-refractivity contribution in [3.63, 3.8) is 0 Å². The number of aromatic nitrogens is 2. The second-order valence-electron chi connectivity index (χ2n) is 6.86. The molecule has 0 spiro atoms. The van der Waals surface area contributed by atoms with Crippen molar-refractivity contribution < 1.29 is 4.79 Å². The molecule has 0 bridgehead atoms. The summed E-state index contributed by atoms with van der Waals surface area (Å²) in [5.41, 5.74) is 3.69. The fourth-order valence-electron chi connectivity index (χ4n) is 3.41. The number of hydrogen-bond donors (Lipinski definition) is 1. The molecule has 0 atom stereocenters. The van der Waals surface area contributed by atoms with Crippen LogP contribution in [0.1, 0.15) is 35.3 Å². The zero-order chi connectivity index (χ0) is 18.8. The molecule has 2 aromatic heterocycles. The van der Waals surface area contributed by atoms with E-state index in [9.17, 15) is 4.79 Å². The highest BCUT2D eigenvalue weighted by Gasteiger charge is 2.23. The van der Waals surface area contributed by atoms with Crippen LogP contribution in [0.4, 0.5) is 11.4 Å². The van der Waals surface area contributed by atoms with Crippen molar-refractivity contribution in [2.75, 3.05) is 18.4 Å². The molecule has 0 aliphatic carbocycles. The first-order valence-electron chi connectivity index (χ1n) is 9.20. The molecular weight excluding hydrogens is 360 g/mol. The van der Waals surface area contributed by atoms with Crippen molar-refractivity contribution in [1.82, 2.24) is 14.9 Å². The minimum atomic E-state index is 0.0149. The molecule has 0 unspecified atom stereocenters. The molecule has 5 nitrogen and oxygen atoms in total. The van der Waals surface area contributed by atoms with Crippen molar-refractivity contribution >= 4 is 39.9 Å². The van der Waals surface area contributed by atoms with Crippen LogP contribution >= 0.6 is 11.6 Å². The maximum atomic E-state index is 13.2. The van der Waals surface area contributed by atoms with Crippen LogP contribution in [-0.2, 0) is 0 Å². The Morgan fingerprint density at radius 1 is 1.07 bits per heavy atom. The van der Waals surface area contributed by atoms with Gasteiger partial charge < -0.3 is 10.2 Å². The van der Waals surface area contributed by atoms with Crippen LogP contribution < -0.4 is 5.32 Å². The zero-order valence-electron chi connectivity index (χ0n) is 15.2. The van der Waals surface area contributed by atoms with Crippen molar-refractivity contribution in [3.8, 4) is 0 Å². The molecule has 0 saturated carbocycles. The summed E-state index contributed by atoms with van der Waals surface area (Å²) in [5.74, 6) is 0.0149. The number of pyridine rings is 2. The molecule has 1 amide bonds. The average Bonchev–Trinajstić information content (AvgIpc) is 2.70. The normalized spacial score (nSPS) is 14.4. The molecule has 4 rings (SSSR count). The summed E-state index contributed by atoms with van der Waals surface area (Å²) in [6.07, 6.45) is 4.92. The lowest BCUT2D eigenvalue weighted by Gasteiger charge is -2.27. The van der Waals surface area contributed by atoms with E-state index in [0.717, 1.165) is 48.4 Å². The van der Waals surface area contributed by atoms with E-state index in [1.165, 1.54) is 6.42 Å². The van der Waals surface area contributed by atoms with Crippen LogP contribution in [-0.4, -0.2) is 33.9 Å². The topological polar surface area (TPSA) is 58.1 Å². The van der Waals surface area contributed by atoms with Crippen LogP contribution in [0.5, 0.6) is 0 Å². The minimum absolute atomic E-state index is 0.0149. The molecule has 1 fully saturated rings. The Balaban J connectivity index is 1.80. The number of fused-ring (bicyclic) bond motifs is 1. The lowest BCUT2D eigenvalue weighted by molar-refractivity contribution is 0.0725. The van der Waals surface area contributed by atoms with Crippen molar-refractivity contribution in [2.24, 2.45) is 0 Å². The summed E-state index contributed by atoms with van der Waals surface area (Å²) >= 11 is 6.00. The Bertz CT molecular complexity index is 981. The fourth-order valence-corrected chi connectivity index (χ4v) is 3.54. The monoisotopic (exact) mass is 380 g/mol. The van der Waals surface area contributed by atoms with Gasteiger partial charge in [-0.1, -0.05) is 11.6 Å². The van der Waals surface area contributed by atoms with Gasteiger partial charge in [0, 0.05) is 41.1 Å². The number of nitrogens with one attached hydrogen (secondary N) is 1. The van der Waals surface area contributed by atoms with E-state index in [4.69, 9.17) is 11.6 Å². The first kappa shape index (κ1) is 17.7. The van der Waals surface area contributed by atoms with Gasteiger partial charge in [0.1, 0.15) is 0 Å². The molecule has 3 aromatic rings. The number of halogens is 1. The third kappa shape index (κ3) is 3.74. The quantitative estimate of drug-likeness (QED) is 0.697. The second kappa shape index (κ2) is 7.53. The smallest absolute Gasteiger partial charge is 0.257 e. The summed E-state index contributed by atoms with van der Waals surface area (Å²) in [4.78, 5) is 24.1. The number of hydrogen-bond acceptors (Lipinski definition) is 4. The van der Waals surface area contributed by atoms with Gasteiger partial charge >= 0.3 is 0 Å². The number of carbonyl (C=O) groups excluding carboxylic acids is 1. The fraction of sp³-hybridized carbons (Fsp3) is 0.286. The van der Waals surface area contributed by atoms with Crippen molar-refractivity contribution in [1.29, 1.82) is 0 Å². The summed E-state index contributed by atoms with van der Waals surface area (Å²) in [6.45, 7) is 3.52. The molecule has 138 valence electrons. The largest absolute Gasteiger partial charge is 0.354 e. The maximum Gasteiger partial charge on any atom is 0.257 e. The van der Waals surface area contributed by atoms with E-state index in [1.807, 2.05) is 48.2 Å². The van der Waals surface area contributed by atoms with Crippen LogP contribution in [0.25, 0.3) is 11.0 Å². The number of amides is 1. The van der Waals surface area contributed by atoms with Gasteiger partial charge in [-0.25, -0.2) is 9.97 Å². The second-order valence-corrected chi connectivity index (χ2v) is 7.29. The standard InChI is InChI=1S/C21H21ClN4O/c1-14-5-10-17-19(25-16-8-6-15(22)7-9-16)18(13-23-20(17)24-14)21(27)26-11-3-2-4-12-26/h5-10,13H,2-4,11-12H2,1H3,(H,23,24,25). The Morgan fingerprint density at radius 3 is 2.56 bits per heavy atom. The summed E-state index contributed by atoms with van der Waals surface area (Å²) in [7, 11) is 0. The molecule has 1 aliphatic rings. The molecule has 1 N–H and O–H groups in total. The number of likely N-dealkylation sites (tertiary alicyclic amines) is 1. The molecule has 1 aromatic carbocycles. The maximum absolute atomic E-state index is 13.2. The number of nitrogens with zero attached hydrogens (tertiary/aromatic N) is 3. The number of aryl methyl sites for hydroxylation is 1. The number of carbonyl (C=O) groups is 1. The van der Waals surface area contributed by atoms with Gasteiger partial charge in [0.25, 0.3) is 5.91 Å². The van der Waals surface area contributed by atoms with E-state index < -0.39 is 0 Å². The Hall–Kier alpha value is -2.66. The van der Waals surface area contributed by atoms with E-state index in [1.54, 1.807) is 6.20 Å². The van der Waals surface area contributed by atoms with Crippen LogP contribution in [0, 0.1) is 6.92 Å². The Labute approximate surface area is 163 Å². The van der Waals surface area contributed by atoms with Crippen LogP contribution in [0.15, 0.2) is 42.6 Å². The Morgan fingerprint density at radius 2 is 1.81 bits per heavy atom. The zero-order valence-corrected chi connectivity index (χ0v) is 16.0. The van der Waals surface area contributed by atoms with Crippen molar-refractivity contribution in [2.45, 2.75) is 26.2 Å². The van der Waals surface area contributed by atoms with Gasteiger partial charge in [0.05, 0.1) is 11.3 Å². The van der Waals surface area contributed by atoms with Gasteiger partial charge in [-0.3, -0.25) is 4.79 Å². The number of anilines is 2. The van der Waals surface area contributed by atoms with Gasteiger partial charge in [0.2, 0.25) is 0 Å². The van der Waals surface area contributed by atoms with Gasteiger partial charge in [-0.05, 0) is 62.6 Å². The highest BCUT2D eigenvalue weighted by Crippen LogP contribution is 2.30. The van der Waals surface area contributed by atoms with Gasteiger partial charge in [0.15, 0.2) is 5.65 Å². The molecule has 0 radical (unpaired) electrons. The highest BCUT2D eigenvalue weighted by atomic mass is 35.5. The molecule has 1 aliphatic heterocycles. The van der Waals surface area contributed by atoms with Gasteiger partial charge in [-0.2, -0.15) is 0 Å². The number of benzene rings is 1. The SMILES string of the molecule is Cc1ccc2c(Nc3ccc(Cl)cc3)c(C(=O)N3CCCCC3)cnc2n1. The number of rotatable bonds is 3. The summed E-state index contributed by atoms with van der Waals surface area (Å²) in [6, 6.07) is 11.3. The number of piperidine rings is 1. The average molecular weight is 381 g/mol. The first-order valence-corrected chi connectivity index (χ1v) is 9.58. The molecule has 27 heavy (non-hydrogen) atoms. The summed E-state index contributed by atoms with van der Waals surface area (Å²) < 4.78 is 0. The lowest BCUT2D eigenvalue weighted by atomic mass is 10.1. The van der Waals surface area contributed by atoms with Crippen LogP contribution in [0.3, 0.4) is 0 Å². The molecule has 3 heterocycles. The van der Waals surface area contributed by atoms with Crippen LogP contribution in [0.2, 0.25) is 5.02 Å². The van der Waals surface area contributed by atoms with E-state index in [0.29, 0.717) is 16.2 Å². The molecule has 6 heteroatoms. The predicted molar refractivity (Wildman–Crippen MR) is 109 cm³/mol.